The molecule has 6 heteroatoms. The van der Waals surface area contributed by atoms with Crippen LogP contribution in [0.5, 0.6) is 0 Å². The Morgan fingerprint density at radius 2 is 1.64 bits per heavy atom. The van der Waals surface area contributed by atoms with E-state index >= 15 is 0 Å². The van der Waals surface area contributed by atoms with Crippen molar-refractivity contribution in [1.82, 2.24) is 5.32 Å². The number of hydrogen-bond acceptors (Lipinski definition) is 2. The van der Waals surface area contributed by atoms with Gasteiger partial charge in [-0.2, -0.15) is 0 Å². The molecule has 1 aliphatic rings. The molecule has 0 radical (unpaired) electrons. The average Bonchev–Trinajstić information content (AvgIpc) is 2.62. The van der Waals surface area contributed by atoms with E-state index in [1.807, 2.05) is 0 Å². The first-order valence-electron chi connectivity index (χ1n) is 9.05. The van der Waals surface area contributed by atoms with Crippen molar-refractivity contribution in [3.63, 3.8) is 0 Å². The molecule has 0 unspecified atom stereocenters. The van der Waals surface area contributed by atoms with E-state index in [2.05, 4.69) is 17.6 Å². The topological polar surface area (TPSA) is 58.2 Å². The van der Waals surface area contributed by atoms with E-state index in [0.29, 0.717) is 15.7 Å². The Hall–Kier alpha value is -1.26. The molecule has 0 bridgehead atoms. The first-order valence-corrected chi connectivity index (χ1v) is 9.80. The lowest BCUT2D eigenvalue weighted by Gasteiger charge is -2.27. The van der Waals surface area contributed by atoms with Crippen molar-refractivity contribution in [3.05, 3.63) is 28.2 Å². The van der Waals surface area contributed by atoms with Crippen LogP contribution in [0, 0.1) is 11.8 Å². The number of rotatable bonds is 7. The van der Waals surface area contributed by atoms with Crippen LogP contribution in [0.1, 0.15) is 51.9 Å². The van der Waals surface area contributed by atoms with Crippen molar-refractivity contribution >= 4 is 40.7 Å². The van der Waals surface area contributed by atoms with E-state index in [4.69, 9.17) is 23.2 Å². The van der Waals surface area contributed by atoms with Crippen LogP contribution in [0.4, 0.5) is 5.69 Å². The van der Waals surface area contributed by atoms with Gasteiger partial charge in [-0.1, -0.05) is 43.0 Å². The fourth-order valence-corrected chi connectivity index (χ4v) is 3.47. The van der Waals surface area contributed by atoms with Crippen LogP contribution in [-0.2, 0) is 9.59 Å². The van der Waals surface area contributed by atoms with Crippen LogP contribution < -0.4 is 10.6 Å². The zero-order valence-corrected chi connectivity index (χ0v) is 16.1. The van der Waals surface area contributed by atoms with Gasteiger partial charge in [0.15, 0.2) is 0 Å². The van der Waals surface area contributed by atoms with Crippen molar-refractivity contribution in [2.45, 2.75) is 51.9 Å². The number of unbranched alkanes of at least 4 members (excludes halogenated alkanes) is 2. The second-order valence-corrected chi connectivity index (χ2v) is 7.48. The molecule has 1 saturated carbocycles. The molecular formula is C19H26Cl2N2O2. The molecule has 0 aromatic heterocycles. The number of hydrogen-bond donors (Lipinski definition) is 2. The molecule has 4 nitrogen and oxygen atoms in total. The second-order valence-electron chi connectivity index (χ2n) is 6.66. The standard InChI is InChI=1S/C19H26Cl2N2O2/c1-2-3-4-11-22-18(24)13-5-7-14(8-6-13)19(25)23-15-9-10-16(20)17(21)12-15/h9-10,12-14H,2-8,11H2,1H3,(H,22,24)(H,23,25). The molecule has 1 fully saturated rings. The van der Waals surface area contributed by atoms with Crippen LogP contribution >= 0.6 is 23.2 Å². The molecule has 2 rings (SSSR count). The third kappa shape index (κ3) is 6.19. The Kier molecular flexibility index (Phi) is 8.04. The van der Waals surface area contributed by atoms with Gasteiger partial charge >= 0.3 is 0 Å². The Morgan fingerprint density at radius 1 is 1.00 bits per heavy atom. The number of carbonyl (C=O) groups excluding carboxylic acids is 2. The zero-order valence-electron chi connectivity index (χ0n) is 14.6. The van der Waals surface area contributed by atoms with Crippen LogP contribution in [-0.4, -0.2) is 18.4 Å². The van der Waals surface area contributed by atoms with Crippen molar-refractivity contribution < 1.29 is 9.59 Å². The first-order chi connectivity index (χ1) is 12.0. The van der Waals surface area contributed by atoms with E-state index in [9.17, 15) is 9.59 Å². The molecule has 1 aromatic rings. The number of nitrogens with one attached hydrogen (secondary N) is 2. The molecule has 2 amide bonds. The summed E-state index contributed by atoms with van der Waals surface area (Å²) in [7, 11) is 0. The highest BCUT2D eigenvalue weighted by Gasteiger charge is 2.29. The first kappa shape index (κ1) is 20.1. The molecule has 138 valence electrons. The van der Waals surface area contributed by atoms with Gasteiger partial charge in [-0.05, 0) is 50.3 Å². The molecule has 0 heterocycles. The van der Waals surface area contributed by atoms with Crippen LogP contribution in [0.15, 0.2) is 18.2 Å². The predicted molar refractivity (Wildman–Crippen MR) is 103 cm³/mol. The molecule has 0 spiro atoms. The van der Waals surface area contributed by atoms with Crippen LogP contribution in [0.2, 0.25) is 10.0 Å². The monoisotopic (exact) mass is 384 g/mol. The molecule has 0 saturated heterocycles. The van der Waals surface area contributed by atoms with Crippen molar-refractivity contribution in [3.8, 4) is 0 Å². The van der Waals surface area contributed by atoms with Gasteiger partial charge in [-0.15, -0.1) is 0 Å². The highest BCUT2D eigenvalue weighted by molar-refractivity contribution is 6.42. The summed E-state index contributed by atoms with van der Waals surface area (Å²) in [6.45, 7) is 2.90. The van der Waals surface area contributed by atoms with Gasteiger partial charge < -0.3 is 10.6 Å². The number of halogens is 2. The summed E-state index contributed by atoms with van der Waals surface area (Å²) in [6.07, 6.45) is 6.32. The van der Waals surface area contributed by atoms with Gasteiger partial charge in [0.25, 0.3) is 0 Å². The maximum absolute atomic E-state index is 12.4. The summed E-state index contributed by atoms with van der Waals surface area (Å²) in [4.78, 5) is 24.6. The third-order valence-corrected chi connectivity index (χ3v) is 5.47. The van der Waals surface area contributed by atoms with E-state index < -0.39 is 0 Å². The molecule has 2 N–H and O–H groups in total. The van der Waals surface area contributed by atoms with Gasteiger partial charge in [0.2, 0.25) is 11.8 Å². The predicted octanol–water partition coefficient (Wildman–Crippen LogP) is 5.04. The summed E-state index contributed by atoms with van der Waals surface area (Å²) >= 11 is 11.9. The normalized spacial score (nSPS) is 20.1. The molecule has 25 heavy (non-hydrogen) atoms. The Bertz CT molecular complexity index is 599. The van der Waals surface area contributed by atoms with E-state index in [0.717, 1.165) is 51.5 Å². The molecule has 1 aromatic carbocycles. The summed E-state index contributed by atoms with van der Waals surface area (Å²) in [5.74, 6) is 0.105. The molecule has 1 aliphatic carbocycles. The Balaban J connectivity index is 1.76. The summed E-state index contributed by atoms with van der Waals surface area (Å²) in [5.41, 5.74) is 0.648. The van der Waals surface area contributed by atoms with E-state index in [1.165, 1.54) is 0 Å². The Labute approximate surface area is 159 Å². The number of anilines is 1. The van der Waals surface area contributed by atoms with Gasteiger partial charge in [0.05, 0.1) is 10.0 Å². The fraction of sp³-hybridized carbons (Fsp3) is 0.579. The van der Waals surface area contributed by atoms with Gasteiger partial charge in [-0.25, -0.2) is 0 Å². The Morgan fingerprint density at radius 3 is 2.24 bits per heavy atom. The lowest BCUT2D eigenvalue weighted by Crippen LogP contribution is -2.35. The summed E-state index contributed by atoms with van der Waals surface area (Å²) < 4.78 is 0. The third-order valence-electron chi connectivity index (χ3n) is 4.74. The molecular weight excluding hydrogens is 359 g/mol. The van der Waals surface area contributed by atoms with Gasteiger partial charge in [0, 0.05) is 24.1 Å². The quantitative estimate of drug-likeness (QED) is 0.646. The molecule has 0 atom stereocenters. The minimum absolute atomic E-state index is 0.0137. The SMILES string of the molecule is CCCCCNC(=O)C1CCC(C(=O)Nc2ccc(Cl)c(Cl)c2)CC1. The summed E-state index contributed by atoms with van der Waals surface area (Å²) in [6, 6.07) is 5.05. The minimum atomic E-state index is -0.0569. The minimum Gasteiger partial charge on any atom is -0.356 e. The zero-order chi connectivity index (χ0) is 18.2. The largest absolute Gasteiger partial charge is 0.356 e. The lowest BCUT2D eigenvalue weighted by molar-refractivity contribution is -0.128. The maximum atomic E-state index is 12.4. The highest BCUT2D eigenvalue weighted by Crippen LogP contribution is 2.31. The van der Waals surface area contributed by atoms with Crippen molar-refractivity contribution in [2.75, 3.05) is 11.9 Å². The fourth-order valence-electron chi connectivity index (χ4n) is 3.17. The number of amides is 2. The number of benzene rings is 1. The second kappa shape index (κ2) is 10.0. The highest BCUT2D eigenvalue weighted by atomic mass is 35.5. The number of carbonyl (C=O) groups is 2. The van der Waals surface area contributed by atoms with Crippen molar-refractivity contribution in [2.24, 2.45) is 11.8 Å². The smallest absolute Gasteiger partial charge is 0.227 e. The maximum Gasteiger partial charge on any atom is 0.227 e. The van der Waals surface area contributed by atoms with E-state index in [-0.39, 0.29) is 23.7 Å². The van der Waals surface area contributed by atoms with E-state index in [1.54, 1.807) is 18.2 Å². The van der Waals surface area contributed by atoms with Crippen LogP contribution in [0.3, 0.4) is 0 Å². The van der Waals surface area contributed by atoms with Gasteiger partial charge in [0.1, 0.15) is 0 Å². The summed E-state index contributed by atoms with van der Waals surface area (Å²) in [5, 5.41) is 6.79. The lowest BCUT2D eigenvalue weighted by atomic mass is 9.81. The van der Waals surface area contributed by atoms with Crippen LogP contribution in [0.25, 0.3) is 0 Å². The van der Waals surface area contributed by atoms with Crippen molar-refractivity contribution in [1.29, 1.82) is 0 Å². The average molecular weight is 385 g/mol. The molecule has 0 aliphatic heterocycles. The van der Waals surface area contributed by atoms with Gasteiger partial charge in [-0.3, -0.25) is 9.59 Å².